The van der Waals surface area contributed by atoms with Crippen molar-refractivity contribution < 1.29 is 4.74 Å². The minimum atomic E-state index is 0.208. The molecule has 0 amide bonds. The average Bonchev–Trinajstić information content (AvgIpc) is 2.40. The van der Waals surface area contributed by atoms with E-state index in [0.717, 1.165) is 16.9 Å². The smallest absolute Gasteiger partial charge is 0.224 e. The Morgan fingerprint density at radius 2 is 2.11 bits per heavy atom. The van der Waals surface area contributed by atoms with Crippen molar-refractivity contribution in [3.63, 3.8) is 0 Å². The number of hydrogen-bond acceptors (Lipinski definition) is 4. The van der Waals surface area contributed by atoms with Gasteiger partial charge in [-0.05, 0) is 30.7 Å². The van der Waals surface area contributed by atoms with Crippen molar-refractivity contribution >= 4 is 29.0 Å². The van der Waals surface area contributed by atoms with Gasteiger partial charge >= 0.3 is 0 Å². The number of methoxy groups -OCH3 is 1. The van der Waals surface area contributed by atoms with Crippen LogP contribution >= 0.6 is 23.2 Å². The molecule has 0 saturated carbocycles. The Hall–Kier alpha value is -1.52. The fourth-order valence-electron chi connectivity index (χ4n) is 1.67. The maximum atomic E-state index is 6.17. The number of nitrogens with one attached hydrogen (secondary N) is 1. The van der Waals surface area contributed by atoms with Crippen LogP contribution in [0.2, 0.25) is 10.3 Å². The Kier molecular flexibility index (Phi) is 4.45. The predicted octanol–water partition coefficient (Wildman–Crippen LogP) is 3.71. The fourth-order valence-corrected chi connectivity index (χ4v) is 2.04. The van der Waals surface area contributed by atoms with Gasteiger partial charge in [0.2, 0.25) is 5.28 Å². The van der Waals surface area contributed by atoms with Gasteiger partial charge in [-0.15, -0.1) is 0 Å². The summed E-state index contributed by atoms with van der Waals surface area (Å²) < 4.78 is 5.29. The van der Waals surface area contributed by atoms with Gasteiger partial charge in [-0.2, -0.15) is 0 Å². The lowest BCUT2D eigenvalue weighted by atomic mass is 10.2. The molecule has 100 valence electrons. The molecule has 0 spiro atoms. The SMILES string of the molecule is COc1cccc(Cl)c1CNc1nc(Cl)ncc1C. The predicted molar refractivity (Wildman–Crippen MR) is 77.1 cm³/mol. The Morgan fingerprint density at radius 1 is 1.32 bits per heavy atom. The molecule has 4 nitrogen and oxygen atoms in total. The van der Waals surface area contributed by atoms with Gasteiger partial charge in [-0.1, -0.05) is 17.7 Å². The van der Waals surface area contributed by atoms with Gasteiger partial charge in [0.05, 0.1) is 7.11 Å². The summed E-state index contributed by atoms with van der Waals surface area (Å²) in [6, 6.07) is 5.53. The van der Waals surface area contributed by atoms with Gasteiger partial charge in [0.25, 0.3) is 0 Å². The van der Waals surface area contributed by atoms with Crippen LogP contribution in [0.1, 0.15) is 11.1 Å². The molecular formula is C13H13Cl2N3O. The van der Waals surface area contributed by atoms with Gasteiger partial charge in [0.1, 0.15) is 11.6 Å². The zero-order valence-electron chi connectivity index (χ0n) is 10.6. The highest BCUT2D eigenvalue weighted by atomic mass is 35.5. The van der Waals surface area contributed by atoms with E-state index in [9.17, 15) is 0 Å². The second-order valence-electron chi connectivity index (χ2n) is 3.94. The van der Waals surface area contributed by atoms with Crippen molar-refractivity contribution in [1.29, 1.82) is 0 Å². The third kappa shape index (κ3) is 3.28. The number of aromatic nitrogens is 2. The Bertz CT molecular complexity index is 590. The highest BCUT2D eigenvalue weighted by Crippen LogP contribution is 2.27. The van der Waals surface area contributed by atoms with Crippen molar-refractivity contribution in [3.8, 4) is 5.75 Å². The first-order valence-corrected chi connectivity index (χ1v) is 6.42. The number of hydrogen-bond donors (Lipinski definition) is 1. The zero-order chi connectivity index (χ0) is 13.8. The molecule has 0 unspecified atom stereocenters. The monoisotopic (exact) mass is 297 g/mol. The largest absolute Gasteiger partial charge is 0.496 e. The molecule has 0 fully saturated rings. The van der Waals surface area contributed by atoms with E-state index in [1.54, 1.807) is 13.3 Å². The van der Waals surface area contributed by atoms with Gasteiger partial charge in [0.15, 0.2) is 0 Å². The van der Waals surface area contributed by atoms with Crippen LogP contribution < -0.4 is 10.1 Å². The number of anilines is 1. The maximum absolute atomic E-state index is 6.17. The second kappa shape index (κ2) is 6.08. The maximum Gasteiger partial charge on any atom is 0.224 e. The van der Waals surface area contributed by atoms with Gasteiger partial charge in [-0.25, -0.2) is 9.97 Å². The molecule has 2 rings (SSSR count). The molecule has 2 aromatic rings. The van der Waals surface area contributed by atoms with Crippen LogP contribution in [0.25, 0.3) is 0 Å². The lowest BCUT2D eigenvalue weighted by Crippen LogP contribution is -2.06. The molecule has 0 aliphatic heterocycles. The topological polar surface area (TPSA) is 47.0 Å². The third-order valence-electron chi connectivity index (χ3n) is 2.67. The van der Waals surface area contributed by atoms with Crippen LogP contribution in [0.3, 0.4) is 0 Å². The van der Waals surface area contributed by atoms with Gasteiger partial charge in [0, 0.05) is 28.9 Å². The summed E-state index contributed by atoms with van der Waals surface area (Å²) in [5.74, 6) is 1.42. The molecule has 1 N–H and O–H groups in total. The van der Waals surface area contributed by atoms with E-state index in [1.165, 1.54) is 0 Å². The molecule has 0 bridgehead atoms. The lowest BCUT2D eigenvalue weighted by molar-refractivity contribution is 0.410. The van der Waals surface area contributed by atoms with Crippen molar-refractivity contribution in [2.75, 3.05) is 12.4 Å². The van der Waals surface area contributed by atoms with E-state index in [2.05, 4.69) is 15.3 Å². The Balaban J connectivity index is 2.21. The summed E-state index contributed by atoms with van der Waals surface area (Å²) in [5.41, 5.74) is 1.79. The van der Waals surface area contributed by atoms with Crippen LogP contribution in [-0.4, -0.2) is 17.1 Å². The van der Waals surface area contributed by atoms with Gasteiger partial charge < -0.3 is 10.1 Å². The summed E-state index contributed by atoms with van der Waals surface area (Å²) in [6.07, 6.45) is 1.67. The number of benzene rings is 1. The van der Waals surface area contributed by atoms with Gasteiger partial charge in [-0.3, -0.25) is 0 Å². The Morgan fingerprint density at radius 3 is 2.84 bits per heavy atom. The number of rotatable bonds is 4. The molecule has 1 aromatic heterocycles. The van der Waals surface area contributed by atoms with Crippen LogP contribution in [0.15, 0.2) is 24.4 Å². The average molecular weight is 298 g/mol. The molecule has 0 saturated heterocycles. The summed E-state index contributed by atoms with van der Waals surface area (Å²) in [4.78, 5) is 8.04. The number of aryl methyl sites for hydroxylation is 1. The van der Waals surface area contributed by atoms with Crippen LogP contribution in [0, 0.1) is 6.92 Å². The minimum absolute atomic E-state index is 0.208. The summed E-state index contributed by atoms with van der Waals surface area (Å²) in [5, 5.41) is 4.04. The summed E-state index contributed by atoms with van der Waals surface area (Å²) >= 11 is 11.9. The Labute approximate surface area is 121 Å². The fraction of sp³-hybridized carbons (Fsp3) is 0.231. The number of halogens is 2. The highest BCUT2D eigenvalue weighted by Gasteiger charge is 2.09. The van der Waals surface area contributed by atoms with Crippen molar-refractivity contribution in [3.05, 3.63) is 45.8 Å². The third-order valence-corrected chi connectivity index (χ3v) is 3.21. The molecule has 1 heterocycles. The van der Waals surface area contributed by atoms with E-state index >= 15 is 0 Å². The first-order chi connectivity index (χ1) is 9.11. The lowest BCUT2D eigenvalue weighted by Gasteiger charge is -2.12. The van der Waals surface area contributed by atoms with E-state index < -0.39 is 0 Å². The number of nitrogens with zero attached hydrogens (tertiary/aromatic N) is 2. The van der Waals surface area contributed by atoms with E-state index in [0.29, 0.717) is 17.4 Å². The molecule has 0 aliphatic rings. The van der Waals surface area contributed by atoms with Crippen LogP contribution in [-0.2, 0) is 6.54 Å². The highest BCUT2D eigenvalue weighted by molar-refractivity contribution is 6.31. The molecule has 0 radical (unpaired) electrons. The van der Waals surface area contributed by atoms with Crippen molar-refractivity contribution in [2.45, 2.75) is 13.5 Å². The van der Waals surface area contributed by atoms with Crippen molar-refractivity contribution in [2.24, 2.45) is 0 Å². The van der Waals surface area contributed by atoms with Crippen LogP contribution in [0.5, 0.6) is 5.75 Å². The standard InChI is InChI=1S/C13H13Cl2N3O/c1-8-6-17-13(15)18-12(8)16-7-9-10(14)4-3-5-11(9)19-2/h3-6H,7H2,1-2H3,(H,16,17,18). The van der Waals surface area contributed by atoms with E-state index in [-0.39, 0.29) is 5.28 Å². The van der Waals surface area contributed by atoms with E-state index in [4.69, 9.17) is 27.9 Å². The second-order valence-corrected chi connectivity index (χ2v) is 4.69. The summed E-state index contributed by atoms with van der Waals surface area (Å²) in [7, 11) is 1.61. The molecule has 0 atom stereocenters. The molecule has 0 aliphatic carbocycles. The number of ether oxygens (including phenoxy) is 1. The first-order valence-electron chi connectivity index (χ1n) is 5.66. The molecule has 1 aromatic carbocycles. The quantitative estimate of drug-likeness (QED) is 0.874. The first kappa shape index (κ1) is 13.9. The minimum Gasteiger partial charge on any atom is -0.496 e. The van der Waals surface area contributed by atoms with Crippen LogP contribution in [0.4, 0.5) is 5.82 Å². The molecular weight excluding hydrogens is 285 g/mol. The molecule has 19 heavy (non-hydrogen) atoms. The van der Waals surface area contributed by atoms with E-state index in [1.807, 2.05) is 25.1 Å². The zero-order valence-corrected chi connectivity index (χ0v) is 12.1. The normalized spacial score (nSPS) is 10.3. The molecule has 6 heteroatoms. The van der Waals surface area contributed by atoms with Crippen molar-refractivity contribution in [1.82, 2.24) is 9.97 Å². The summed E-state index contributed by atoms with van der Waals surface area (Å²) in [6.45, 7) is 2.40.